The van der Waals surface area contributed by atoms with E-state index in [2.05, 4.69) is 15.4 Å². The molecule has 0 saturated carbocycles. The van der Waals surface area contributed by atoms with Crippen molar-refractivity contribution in [2.45, 2.75) is 33.2 Å². The molecule has 1 atom stereocenters. The van der Waals surface area contributed by atoms with Crippen molar-refractivity contribution in [3.05, 3.63) is 24.2 Å². The summed E-state index contributed by atoms with van der Waals surface area (Å²) in [6.45, 7) is 5.88. The van der Waals surface area contributed by atoms with Crippen LogP contribution in [0.25, 0.3) is 5.52 Å². The summed E-state index contributed by atoms with van der Waals surface area (Å²) in [5, 5.41) is 16.5. The minimum absolute atomic E-state index is 0.292. The third-order valence-electron chi connectivity index (χ3n) is 2.83. The number of nitrogens with one attached hydrogen (secondary N) is 1. The third-order valence-corrected chi connectivity index (χ3v) is 2.83. The molecule has 1 unspecified atom stereocenters. The maximum Gasteiger partial charge on any atom is 0.326 e. The molecule has 2 aromatic rings. The van der Waals surface area contributed by atoms with Crippen LogP contribution in [0, 0.1) is 12.8 Å². The van der Waals surface area contributed by atoms with E-state index in [1.165, 1.54) is 0 Å². The molecule has 0 spiro atoms. The zero-order valence-electron chi connectivity index (χ0n) is 11.3. The molecule has 0 aromatic carbocycles. The van der Waals surface area contributed by atoms with Crippen LogP contribution < -0.4 is 5.32 Å². The van der Waals surface area contributed by atoms with Gasteiger partial charge in [0.2, 0.25) is 0 Å². The van der Waals surface area contributed by atoms with E-state index < -0.39 is 12.0 Å². The number of rotatable bonds is 5. The summed E-state index contributed by atoms with van der Waals surface area (Å²) in [7, 11) is 0. The molecule has 102 valence electrons. The molecular weight excluding hydrogens is 244 g/mol. The molecule has 0 bridgehead atoms. The Morgan fingerprint density at radius 1 is 1.53 bits per heavy atom. The van der Waals surface area contributed by atoms with Crippen LogP contribution in [0.15, 0.2) is 18.5 Å². The van der Waals surface area contributed by atoms with Crippen molar-refractivity contribution in [3.8, 4) is 0 Å². The highest BCUT2D eigenvalue weighted by Crippen LogP contribution is 2.17. The van der Waals surface area contributed by atoms with E-state index in [0.29, 0.717) is 18.2 Å². The summed E-state index contributed by atoms with van der Waals surface area (Å²) < 4.78 is 1.69. The standard InChI is InChI=1S/C13H18N4O2/c1-8(2)6-10(13(18)19)15-12-11-7-9(3)16-17(11)5-4-14-12/h4-5,7-8,10H,6H2,1-3H3,(H,14,15)(H,18,19). The molecule has 6 nitrogen and oxygen atoms in total. The van der Waals surface area contributed by atoms with E-state index in [1.54, 1.807) is 16.9 Å². The fourth-order valence-electron chi connectivity index (χ4n) is 2.01. The molecule has 0 saturated heterocycles. The Hall–Kier alpha value is -2.11. The van der Waals surface area contributed by atoms with Crippen LogP contribution in [0.3, 0.4) is 0 Å². The largest absolute Gasteiger partial charge is 0.480 e. The number of anilines is 1. The average molecular weight is 262 g/mol. The fraction of sp³-hybridized carbons (Fsp3) is 0.462. The van der Waals surface area contributed by atoms with Gasteiger partial charge in [0, 0.05) is 12.4 Å². The molecule has 0 aliphatic carbocycles. The van der Waals surface area contributed by atoms with Gasteiger partial charge < -0.3 is 10.4 Å². The lowest BCUT2D eigenvalue weighted by atomic mass is 10.0. The van der Waals surface area contributed by atoms with Gasteiger partial charge in [0.1, 0.15) is 11.6 Å². The number of nitrogens with zero attached hydrogens (tertiary/aromatic N) is 3. The lowest BCUT2D eigenvalue weighted by molar-refractivity contribution is -0.138. The van der Waals surface area contributed by atoms with Crippen molar-refractivity contribution in [3.63, 3.8) is 0 Å². The Labute approximate surface area is 111 Å². The van der Waals surface area contributed by atoms with Crippen LogP contribution in [0.1, 0.15) is 26.0 Å². The Kier molecular flexibility index (Phi) is 3.69. The summed E-state index contributed by atoms with van der Waals surface area (Å²) in [5.41, 5.74) is 1.65. The van der Waals surface area contributed by atoms with Gasteiger partial charge in [0.15, 0.2) is 5.82 Å². The molecule has 6 heteroatoms. The van der Waals surface area contributed by atoms with Crippen molar-refractivity contribution in [1.29, 1.82) is 0 Å². The van der Waals surface area contributed by atoms with Crippen molar-refractivity contribution >= 4 is 17.3 Å². The summed E-state index contributed by atoms with van der Waals surface area (Å²) in [5.74, 6) is -0.0233. The van der Waals surface area contributed by atoms with Gasteiger partial charge in [-0.05, 0) is 25.3 Å². The van der Waals surface area contributed by atoms with E-state index in [0.717, 1.165) is 11.2 Å². The minimum Gasteiger partial charge on any atom is -0.480 e. The highest BCUT2D eigenvalue weighted by molar-refractivity contribution is 5.79. The summed E-state index contributed by atoms with van der Waals surface area (Å²) >= 11 is 0. The molecule has 0 aliphatic heterocycles. The maximum atomic E-state index is 11.3. The van der Waals surface area contributed by atoms with Gasteiger partial charge in [-0.3, -0.25) is 0 Å². The lowest BCUT2D eigenvalue weighted by Crippen LogP contribution is -2.31. The van der Waals surface area contributed by atoms with E-state index in [4.69, 9.17) is 0 Å². The van der Waals surface area contributed by atoms with Gasteiger partial charge in [-0.25, -0.2) is 14.3 Å². The Bertz CT molecular complexity index is 591. The first-order valence-electron chi connectivity index (χ1n) is 6.27. The molecule has 2 rings (SSSR count). The number of hydrogen-bond donors (Lipinski definition) is 2. The quantitative estimate of drug-likeness (QED) is 0.861. The third kappa shape index (κ3) is 3.01. The molecule has 0 amide bonds. The normalized spacial score (nSPS) is 12.8. The average Bonchev–Trinajstić information content (AvgIpc) is 2.68. The van der Waals surface area contributed by atoms with Crippen molar-refractivity contribution < 1.29 is 9.90 Å². The van der Waals surface area contributed by atoms with Gasteiger partial charge in [-0.15, -0.1) is 0 Å². The first kappa shape index (κ1) is 13.3. The first-order valence-corrected chi connectivity index (χ1v) is 6.27. The van der Waals surface area contributed by atoms with Gasteiger partial charge in [-0.2, -0.15) is 5.10 Å². The highest BCUT2D eigenvalue weighted by Gasteiger charge is 2.20. The monoisotopic (exact) mass is 262 g/mol. The van der Waals surface area contributed by atoms with E-state index in [9.17, 15) is 9.90 Å². The number of aliphatic carboxylic acids is 1. The van der Waals surface area contributed by atoms with E-state index in [1.807, 2.05) is 26.8 Å². The van der Waals surface area contributed by atoms with Crippen molar-refractivity contribution in [2.24, 2.45) is 5.92 Å². The molecule has 2 heterocycles. The van der Waals surface area contributed by atoms with Gasteiger partial charge >= 0.3 is 5.97 Å². The number of carbonyl (C=O) groups is 1. The number of hydrogen-bond acceptors (Lipinski definition) is 4. The van der Waals surface area contributed by atoms with Gasteiger partial charge in [-0.1, -0.05) is 13.8 Å². The van der Waals surface area contributed by atoms with Crippen LogP contribution in [0.4, 0.5) is 5.82 Å². The molecule has 0 aliphatic rings. The van der Waals surface area contributed by atoms with Crippen LogP contribution >= 0.6 is 0 Å². The summed E-state index contributed by atoms with van der Waals surface area (Å²) in [4.78, 5) is 15.5. The Morgan fingerprint density at radius 2 is 2.26 bits per heavy atom. The molecular formula is C13H18N4O2. The zero-order valence-corrected chi connectivity index (χ0v) is 11.3. The Morgan fingerprint density at radius 3 is 2.89 bits per heavy atom. The van der Waals surface area contributed by atoms with E-state index in [-0.39, 0.29) is 0 Å². The smallest absolute Gasteiger partial charge is 0.326 e. The fourth-order valence-corrected chi connectivity index (χ4v) is 2.01. The topological polar surface area (TPSA) is 79.5 Å². The number of aryl methyl sites for hydroxylation is 1. The van der Waals surface area contributed by atoms with E-state index >= 15 is 0 Å². The number of aromatic nitrogens is 3. The van der Waals surface area contributed by atoms with Crippen molar-refractivity contribution in [1.82, 2.24) is 14.6 Å². The lowest BCUT2D eigenvalue weighted by Gasteiger charge is -2.17. The molecule has 19 heavy (non-hydrogen) atoms. The zero-order chi connectivity index (χ0) is 14.0. The number of carboxylic acid groups (broad SMARTS) is 1. The highest BCUT2D eigenvalue weighted by atomic mass is 16.4. The van der Waals surface area contributed by atoms with Crippen LogP contribution in [-0.2, 0) is 4.79 Å². The first-order chi connectivity index (χ1) is 8.97. The number of carboxylic acids is 1. The van der Waals surface area contributed by atoms with Gasteiger partial charge in [0.05, 0.1) is 5.69 Å². The number of fused-ring (bicyclic) bond motifs is 1. The molecule has 0 radical (unpaired) electrons. The predicted octanol–water partition coefficient (Wildman–Crippen LogP) is 1.95. The SMILES string of the molecule is Cc1cc2c(NC(CC(C)C)C(=O)O)nccn2n1. The second kappa shape index (κ2) is 5.26. The second-order valence-electron chi connectivity index (χ2n) is 5.06. The minimum atomic E-state index is -0.867. The second-order valence-corrected chi connectivity index (χ2v) is 5.06. The van der Waals surface area contributed by atoms with Crippen LogP contribution in [0.5, 0.6) is 0 Å². The molecule has 0 fully saturated rings. The maximum absolute atomic E-state index is 11.3. The van der Waals surface area contributed by atoms with Gasteiger partial charge in [0.25, 0.3) is 0 Å². The van der Waals surface area contributed by atoms with Crippen molar-refractivity contribution in [2.75, 3.05) is 5.32 Å². The summed E-state index contributed by atoms with van der Waals surface area (Å²) in [6.07, 6.45) is 3.90. The van der Waals surface area contributed by atoms with Crippen LogP contribution in [-0.4, -0.2) is 31.7 Å². The summed E-state index contributed by atoms with van der Waals surface area (Å²) in [6, 6.07) is 1.23. The molecule has 2 aromatic heterocycles. The Balaban J connectivity index is 2.30. The van der Waals surface area contributed by atoms with Crippen LogP contribution in [0.2, 0.25) is 0 Å². The molecule has 2 N–H and O–H groups in total. The predicted molar refractivity (Wildman–Crippen MR) is 72.2 cm³/mol.